The number of fused-ring (bicyclic) bond motifs is 1. The first kappa shape index (κ1) is 15.8. The van der Waals surface area contributed by atoms with Crippen molar-refractivity contribution >= 4 is 11.8 Å². The average Bonchev–Trinajstić information content (AvgIpc) is 2.99. The molecule has 0 unspecified atom stereocenters. The van der Waals surface area contributed by atoms with Crippen molar-refractivity contribution in [1.29, 1.82) is 0 Å². The number of carbonyl (C=O) groups excluding carboxylic acids is 2. The van der Waals surface area contributed by atoms with E-state index in [1.165, 1.54) is 6.20 Å². The Morgan fingerprint density at radius 2 is 2.17 bits per heavy atom. The Labute approximate surface area is 135 Å². The summed E-state index contributed by atoms with van der Waals surface area (Å²) in [6, 6.07) is 0.261. The molecule has 3 heterocycles. The second-order valence-electron chi connectivity index (χ2n) is 6.50. The third-order valence-corrected chi connectivity index (χ3v) is 5.01. The topological polar surface area (TPSA) is 89.3 Å². The van der Waals surface area contributed by atoms with Gasteiger partial charge in [-0.2, -0.15) is 0 Å². The molecule has 7 nitrogen and oxygen atoms in total. The van der Waals surface area contributed by atoms with Crippen molar-refractivity contribution in [2.24, 2.45) is 5.92 Å². The maximum atomic E-state index is 12.5. The van der Waals surface area contributed by atoms with E-state index in [0.717, 1.165) is 32.2 Å². The van der Waals surface area contributed by atoms with Gasteiger partial charge < -0.3 is 19.8 Å². The normalized spacial score (nSPS) is 24.7. The molecule has 0 bridgehead atoms. The van der Waals surface area contributed by atoms with Crippen LogP contribution >= 0.6 is 0 Å². The lowest BCUT2D eigenvalue weighted by molar-refractivity contribution is -0.140. The van der Waals surface area contributed by atoms with Gasteiger partial charge in [-0.05, 0) is 25.2 Å². The Bertz CT molecular complexity index is 635. The highest BCUT2D eigenvalue weighted by atomic mass is 16.2. The van der Waals surface area contributed by atoms with Crippen LogP contribution in [0.25, 0.3) is 0 Å². The fourth-order valence-electron chi connectivity index (χ4n) is 3.77. The van der Waals surface area contributed by atoms with E-state index >= 15 is 0 Å². The fraction of sp³-hybridized carbons (Fsp3) is 0.688. The van der Waals surface area contributed by atoms with E-state index in [0.29, 0.717) is 31.1 Å². The number of imidazole rings is 1. The molecule has 23 heavy (non-hydrogen) atoms. The van der Waals surface area contributed by atoms with Gasteiger partial charge in [0, 0.05) is 38.3 Å². The Balaban J connectivity index is 1.68. The van der Waals surface area contributed by atoms with E-state index in [2.05, 4.69) is 16.9 Å². The maximum absolute atomic E-state index is 12.5. The van der Waals surface area contributed by atoms with Crippen molar-refractivity contribution in [1.82, 2.24) is 19.8 Å². The number of hydrogen-bond acceptors (Lipinski definition) is 3. The smallest absolute Gasteiger partial charge is 0.323 e. The van der Waals surface area contributed by atoms with Crippen LogP contribution in [0.4, 0.5) is 0 Å². The summed E-state index contributed by atoms with van der Waals surface area (Å²) in [4.78, 5) is 44.6. The predicted molar refractivity (Wildman–Crippen MR) is 85.1 cm³/mol. The van der Waals surface area contributed by atoms with Crippen LogP contribution in [0.2, 0.25) is 0 Å². The minimum atomic E-state index is -0.364. The molecule has 2 fully saturated rings. The van der Waals surface area contributed by atoms with E-state index in [4.69, 9.17) is 0 Å². The molecule has 2 N–H and O–H groups in total. The Morgan fingerprint density at radius 3 is 2.87 bits per heavy atom. The van der Waals surface area contributed by atoms with Gasteiger partial charge in [0.25, 0.3) is 5.91 Å². The van der Waals surface area contributed by atoms with E-state index < -0.39 is 0 Å². The summed E-state index contributed by atoms with van der Waals surface area (Å²) in [6.45, 7) is 4.25. The summed E-state index contributed by atoms with van der Waals surface area (Å²) in [5.41, 5.74) is -0.0552. The van der Waals surface area contributed by atoms with E-state index in [1.54, 1.807) is 4.90 Å². The number of hydrogen-bond donors (Lipinski definition) is 2. The molecule has 7 heteroatoms. The van der Waals surface area contributed by atoms with Crippen LogP contribution in [0, 0.1) is 5.92 Å². The Kier molecular flexibility index (Phi) is 4.54. The number of aromatic amines is 2. The number of H-pyrrole nitrogens is 2. The molecule has 3 rings (SSSR count). The molecule has 1 aromatic rings. The van der Waals surface area contributed by atoms with Crippen molar-refractivity contribution in [3.63, 3.8) is 0 Å². The second-order valence-corrected chi connectivity index (χ2v) is 6.50. The van der Waals surface area contributed by atoms with Gasteiger partial charge in [-0.25, -0.2) is 4.79 Å². The summed E-state index contributed by atoms with van der Waals surface area (Å²) in [7, 11) is 0. The molecule has 2 amide bonds. The summed E-state index contributed by atoms with van der Waals surface area (Å²) in [5.74, 6) is 0.459. The molecule has 0 saturated carbocycles. The Morgan fingerprint density at radius 1 is 1.35 bits per heavy atom. The third-order valence-electron chi connectivity index (χ3n) is 5.01. The average molecular weight is 320 g/mol. The molecule has 0 radical (unpaired) electrons. The largest absolute Gasteiger partial charge is 0.339 e. The van der Waals surface area contributed by atoms with Crippen molar-refractivity contribution in [2.75, 3.05) is 19.6 Å². The number of rotatable bonds is 4. The van der Waals surface area contributed by atoms with Crippen molar-refractivity contribution < 1.29 is 9.59 Å². The molecular weight excluding hydrogens is 296 g/mol. The number of amides is 2. The summed E-state index contributed by atoms with van der Waals surface area (Å²) in [6.07, 6.45) is 5.78. The standard InChI is InChI=1S/C16H24N4O3/c1-2-3-7-20-13-6-8-19(10-11(13)4-5-14(20)21)15(22)12-9-17-16(23)18-12/h9,11,13H,2-8,10H2,1H3,(H2,17,18,23)/t11-,13+/m0/s1. The number of nitrogens with zero attached hydrogens (tertiary/aromatic N) is 2. The van der Waals surface area contributed by atoms with Crippen LogP contribution in [0.1, 0.15) is 49.5 Å². The first-order valence-electron chi connectivity index (χ1n) is 8.46. The minimum Gasteiger partial charge on any atom is -0.339 e. The fourth-order valence-corrected chi connectivity index (χ4v) is 3.77. The number of unbranched alkanes of at least 4 members (excludes halogenated alkanes) is 1. The van der Waals surface area contributed by atoms with Crippen LogP contribution in [0.3, 0.4) is 0 Å². The third kappa shape index (κ3) is 3.18. The van der Waals surface area contributed by atoms with Crippen molar-refractivity contribution in [2.45, 2.75) is 45.1 Å². The number of nitrogens with one attached hydrogen (secondary N) is 2. The molecule has 0 aromatic carbocycles. The Hall–Kier alpha value is -2.05. The second kappa shape index (κ2) is 6.60. The van der Waals surface area contributed by atoms with Crippen molar-refractivity contribution in [3.8, 4) is 0 Å². The van der Waals surface area contributed by atoms with Crippen LogP contribution in [0.15, 0.2) is 11.0 Å². The zero-order valence-corrected chi connectivity index (χ0v) is 13.5. The van der Waals surface area contributed by atoms with Gasteiger partial charge in [-0.15, -0.1) is 0 Å². The highest BCUT2D eigenvalue weighted by Crippen LogP contribution is 2.31. The lowest BCUT2D eigenvalue weighted by Gasteiger charge is -2.47. The molecule has 2 aliphatic rings. The SMILES string of the molecule is CCCCN1C(=O)CC[C@H]2CN(C(=O)c3c[nH]c(=O)[nH]3)CC[C@H]21. The molecule has 2 aliphatic heterocycles. The molecule has 2 saturated heterocycles. The first-order valence-corrected chi connectivity index (χ1v) is 8.46. The monoisotopic (exact) mass is 320 g/mol. The first-order chi connectivity index (χ1) is 11.1. The van der Waals surface area contributed by atoms with E-state index in [-0.39, 0.29) is 23.5 Å². The summed E-state index contributed by atoms with van der Waals surface area (Å²) < 4.78 is 0. The molecule has 1 aromatic heterocycles. The van der Waals surface area contributed by atoms with Crippen molar-refractivity contribution in [3.05, 3.63) is 22.4 Å². The predicted octanol–water partition coefficient (Wildman–Crippen LogP) is 0.956. The zero-order valence-electron chi connectivity index (χ0n) is 13.5. The number of likely N-dealkylation sites (tertiary alicyclic amines) is 2. The molecular formula is C16H24N4O3. The summed E-state index contributed by atoms with van der Waals surface area (Å²) >= 11 is 0. The van der Waals surface area contributed by atoms with E-state index in [9.17, 15) is 14.4 Å². The molecule has 0 spiro atoms. The number of carbonyl (C=O) groups is 2. The highest BCUT2D eigenvalue weighted by Gasteiger charge is 2.40. The van der Waals surface area contributed by atoms with E-state index in [1.807, 2.05) is 4.90 Å². The van der Waals surface area contributed by atoms with Crippen LogP contribution in [-0.2, 0) is 4.79 Å². The molecule has 126 valence electrons. The van der Waals surface area contributed by atoms with Gasteiger partial charge in [-0.1, -0.05) is 13.3 Å². The summed E-state index contributed by atoms with van der Waals surface area (Å²) in [5, 5.41) is 0. The van der Waals surface area contributed by atoms with Gasteiger partial charge >= 0.3 is 5.69 Å². The van der Waals surface area contributed by atoms with Gasteiger partial charge in [0.15, 0.2) is 0 Å². The van der Waals surface area contributed by atoms with Crippen LogP contribution in [-0.4, -0.2) is 57.3 Å². The lowest BCUT2D eigenvalue weighted by atomic mass is 9.83. The highest BCUT2D eigenvalue weighted by molar-refractivity contribution is 5.92. The number of piperidine rings is 2. The van der Waals surface area contributed by atoms with Gasteiger partial charge in [-0.3, -0.25) is 9.59 Å². The van der Waals surface area contributed by atoms with Gasteiger partial charge in [0.2, 0.25) is 5.91 Å². The molecule has 0 aliphatic carbocycles. The van der Waals surface area contributed by atoms with Crippen LogP contribution in [0.5, 0.6) is 0 Å². The quantitative estimate of drug-likeness (QED) is 0.866. The van der Waals surface area contributed by atoms with Gasteiger partial charge in [0.1, 0.15) is 5.69 Å². The maximum Gasteiger partial charge on any atom is 0.323 e. The minimum absolute atomic E-state index is 0.140. The lowest BCUT2D eigenvalue weighted by Crippen LogP contribution is -2.57. The number of aromatic nitrogens is 2. The molecule has 2 atom stereocenters. The van der Waals surface area contributed by atoms with Gasteiger partial charge in [0.05, 0.1) is 0 Å². The van der Waals surface area contributed by atoms with Crippen LogP contribution < -0.4 is 5.69 Å². The zero-order chi connectivity index (χ0) is 16.4.